The first-order chi connectivity index (χ1) is 13.6. The highest BCUT2D eigenvalue weighted by Crippen LogP contribution is 2.22. The van der Waals surface area contributed by atoms with Gasteiger partial charge in [0.25, 0.3) is 5.69 Å². The Labute approximate surface area is 168 Å². The van der Waals surface area contributed by atoms with Gasteiger partial charge in [0.1, 0.15) is 4.60 Å². The Balaban J connectivity index is 1.51. The van der Waals surface area contributed by atoms with Gasteiger partial charge in [0.2, 0.25) is 0 Å². The van der Waals surface area contributed by atoms with E-state index in [0.717, 1.165) is 21.3 Å². The van der Waals surface area contributed by atoms with Crippen LogP contribution in [0.5, 0.6) is 0 Å². The molecule has 142 valence electrons. The number of hydrogen-bond donors (Lipinski definition) is 2. The molecule has 28 heavy (non-hydrogen) atoms. The van der Waals surface area contributed by atoms with Crippen LogP contribution in [0.2, 0.25) is 0 Å². The van der Waals surface area contributed by atoms with Gasteiger partial charge in [-0.15, -0.1) is 10.6 Å². The zero-order chi connectivity index (χ0) is 19.5. The van der Waals surface area contributed by atoms with Crippen molar-refractivity contribution in [2.45, 2.75) is 13.1 Å². The van der Waals surface area contributed by atoms with Gasteiger partial charge < -0.3 is 0 Å². The molecule has 0 saturated carbocycles. The summed E-state index contributed by atoms with van der Waals surface area (Å²) in [5.41, 5.74) is 8.66. The molecule has 0 radical (unpaired) electrons. The molecule has 0 saturated heterocycles. The smallest absolute Gasteiger partial charge is 0.266 e. The van der Waals surface area contributed by atoms with Gasteiger partial charge in [0.05, 0.1) is 29.8 Å². The molecule has 1 aliphatic rings. The third-order valence-electron chi connectivity index (χ3n) is 4.28. The summed E-state index contributed by atoms with van der Waals surface area (Å²) in [6.07, 6.45) is 1.75. The average molecular weight is 442 g/mol. The van der Waals surface area contributed by atoms with Crippen LogP contribution in [0.4, 0.5) is 5.69 Å². The summed E-state index contributed by atoms with van der Waals surface area (Å²) in [7, 11) is 0. The van der Waals surface area contributed by atoms with Crippen LogP contribution in [-0.4, -0.2) is 25.5 Å². The molecule has 1 aromatic heterocycles. The van der Waals surface area contributed by atoms with Crippen LogP contribution in [0, 0.1) is 10.1 Å². The molecule has 2 heterocycles. The lowest BCUT2D eigenvalue weighted by atomic mass is 10.2. The van der Waals surface area contributed by atoms with Crippen molar-refractivity contribution in [3.8, 4) is 0 Å². The monoisotopic (exact) mass is 441 g/mol. The number of benzene rings is 2. The van der Waals surface area contributed by atoms with Crippen molar-refractivity contribution in [3.63, 3.8) is 0 Å². The first-order valence-electron chi connectivity index (χ1n) is 8.46. The second-order valence-corrected chi connectivity index (χ2v) is 6.91. The highest BCUT2D eigenvalue weighted by Gasteiger charge is 2.24. The van der Waals surface area contributed by atoms with E-state index in [4.69, 9.17) is 0 Å². The Bertz CT molecular complexity index is 1020. The van der Waals surface area contributed by atoms with Crippen molar-refractivity contribution in [2.75, 3.05) is 0 Å². The molecular formula is C18H16BrN7O2. The summed E-state index contributed by atoms with van der Waals surface area (Å²) in [5, 5.41) is 21.4. The molecule has 0 fully saturated rings. The number of hydrazine groups is 2. The number of amidine groups is 1. The molecule has 2 aromatic carbocycles. The van der Waals surface area contributed by atoms with Crippen molar-refractivity contribution in [1.29, 1.82) is 0 Å². The number of hydrogen-bond acceptors (Lipinski definition) is 7. The number of nitro groups is 1. The zero-order valence-corrected chi connectivity index (χ0v) is 16.2. The van der Waals surface area contributed by atoms with Gasteiger partial charge in [-0.1, -0.05) is 42.5 Å². The molecular weight excluding hydrogens is 426 g/mol. The van der Waals surface area contributed by atoms with Crippen molar-refractivity contribution < 1.29 is 4.92 Å². The molecule has 0 aliphatic carbocycles. The van der Waals surface area contributed by atoms with Gasteiger partial charge >= 0.3 is 0 Å². The standard InChI is InChI=1S/C18H16BrN7O2/c19-17-16(10-20-24(17)11-13-4-2-1-3-5-13)18-21-22-23-25(18)12-14-6-8-15(9-7-14)26(27)28/h1-10,22-23H,11-12H2. The van der Waals surface area contributed by atoms with Gasteiger partial charge in [0, 0.05) is 12.1 Å². The summed E-state index contributed by atoms with van der Waals surface area (Å²) >= 11 is 3.62. The van der Waals surface area contributed by atoms with E-state index < -0.39 is 4.92 Å². The van der Waals surface area contributed by atoms with Crippen molar-refractivity contribution >= 4 is 27.5 Å². The fraction of sp³-hybridized carbons (Fsp3) is 0.111. The van der Waals surface area contributed by atoms with Crippen LogP contribution in [-0.2, 0) is 13.1 Å². The van der Waals surface area contributed by atoms with Crippen LogP contribution in [0.1, 0.15) is 16.7 Å². The van der Waals surface area contributed by atoms with Crippen LogP contribution in [0.3, 0.4) is 0 Å². The van der Waals surface area contributed by atoms with E-state index >= 15 is 0 Å². The lowest BCUT2D eigenvalue weighted by Crippen LogP contribution is -2.40. The van der Waals surface area contributed by atoms with E-state index in [1.165, 1.54) is 12.1 Å². The molecule has 1 aliphatic heterocycles. The van der Waals surface area contributed by atoms with Crippen LogP contribution >= 0.6 is 15.9 Å². The molecule has 0 bridgehead atoms. The Morgan fingerprint density at radius 2 is 1.75 bits per heavy atom. The lowest BCUT2D eigenvalue weighted by molar-refractivity contribution is -0.384. The van der Waals surface area contributed by atoms with E-state index in [9.17, 15) is 10.1 Å². The SMILES string of the molecule is O=[N+]([O-])c1ccc(CN2NNN=C2c2cnn(Cc3ccccc3)c2Br)cc1. The lowest BCUT2D eigenvalue weighted by Gasteiger charge is -2.18. The molecule has 0 atom stereocenters. The largest absolute Gasteiger partial charge is 0.269 e. The van der Waals surface area contributed by atoms with E-state index in [1.54, 1.807) is 18.3 Å². The fourth-order valence-corrected chi connectivity index (χ4v) is 3.36. The summed E-state index contributed by atoms with van der Waals surface area (Å²) in [6, 6.07) is 16.5. The molecule has 0 unspecified atom stereocenters. The second kappa shape index (κ2) is 7.79. The quantitative estimate of drug-likeness (QED) is 0.450. The molecule has 10 heteroatoms. The predicted octanol–water partition coefficient (Wildman–Crippen LogP) is 2.79. The minimum absolute atomic E-state index is 0.0649. The second-order valence-electron chi connectivity index (χ2n) is 6.16. The molecule has 4 rings (SSSR count). The number of aromatic nitrogens is 2. The van der Waals surface area contributed by atoms with Gasteiger partial charge in [-0.05, 0) is 27.1 Å². The third-order valence-corrected chi connectivity index (χ3v) is 5.12. The Morgan fingerprint density at radius 1 is 1.04 bits per heavy atom. The van der Waals surface area contributed by atoms with E-state index in [0.29, 0.717) is 18.9 Å². The van der Waals surface area contributed by atoms with Crippen LogP contribution in [0.25, 0.3) is 0 Å². The van der Waals surface area contributed by atoms with E-state index in [-0.39, 0.29) is 5.69 Å². The minimum Gasteiger partial charge on any atom is -0.266 e. The predicted molar refractivity (Wildman–Crippen MR) is 107 cm³/mol. The number of nitrogens with one attached hydrogen (secondary N) is 2. The number of hydrazone groups is 1. The van der Waals surface area contributed by atoms with Gasteiger partial charge in [-0.2, -0.15) is 5.10 Å². The van der Waals surface area contributed by atoms with Crippen molar-refractivity contribution in [3.05, 3.63) is 92.2 Å². The number of rotatable bonds is 6. The summed E-state index contributed by atoms with van der Waals surface area (Å²) in [6.45, 7) is 1.11. The highest BCUT2D eigenvalue weighted by atomic mass is 79.9. The van der Waals surface area contributed by atoms with E-state index in [1.807, 2.05) is 40.0 Å². The molecule has 2 N–H and O–H groups in total. The van der Waals surface area contributed by atoms with E-state index in [2.05, 4.69) is 37.2 Å². The van der Waals surface area contributed by atoms with Crippen LogP contribution < -0.4 is 11.1 Å². The average Bonchev–Trinajstić information content (AvgIpc) is 3.30. The first kappa shape index (κ1) is 18.1. The van der Waals surface area contributed by atoms with Crippen molar-refractivity contribution in [1.82, 2.24) is 25.9 Å². The summed E-state index contributed by atoms with van der Waals surface area (Å²) in [5.74, 6) is 0.671. The maximum atomic E-state index is 10.8. The van der Waals surface area contributed by atoms with Crippen LogP contribution in [0.15, 0.2) is 70.5 Å². The van der Waals surface area contributed by atoms with Crippen molar-refractivity contribution in [2.24, 2.45) is 5.10 Å². The topological polar surface area (TPSA) is 101 Å². The van der Waals surface area contributed by atoms with Gasteiger partial charge in [0.15, 0.2) is 5.84 Å². The molecule has 0 spiro atoms. The molecule has 9 nitrogen and oxygen atoms in total. The number of halogens is 1. The fourth-order valence-electron chi connectivity index (χ4n) is 2.86. The zero-order valence-electron chi connectivity index (χ0n) is 14.6. The Morgan fingerprint density at radius 3 is 2.46 bits per heavy atom. The summed E-state index contributed by atoms with van der Waals surface area (Å²) in [4.78, 5) is 10.4. The Hall–Kier alpha value is -3.24. The summed E-state index contributed by atoms with van der Waals surface area (Å²) < 4.78 is 2.67. The number of nitrogens with zero attached hydrogens (tertiary/aromatic N) is 5. The number of non-ortho nitro benzene ring substituents is 1. The Kier molecular flexibility index (Phi) is 5.04. The first-order valence-corrected chi connectivity index (χ1v) is 9.26. The number of nitro benzene ring substituents is 1. The normalized spacial score (nSPS) is 13.3. The molecule has 3 aromatic rings. The van der Waals surface area contributed by atoms with Gasteiger partial charge in [-0.25, -0.2) is 5.53 Å². The minimum atomic E-state index is -0.412. The third kappa shape index (κ3) is 3.73. The maximum absolute atomic E-state index is 10.8. The molecule has 0 amide bonds. The highest BCUT2D eigenvalue weighted by molar-refractivity contribution is 9.10. The maximum Gasteiger partial charge on any atom is 0.269 e. The van der Waals surface area contributed by atoms with Gasteiger partial charge in [-0.3, -0.25) is 19.8 Å².